The molecular weight excluding hydrogens is 286 g/mol. The maximum Gasteiger partial charge on any atom is 0.318 e. The van der Waals surface area contributed by atoms with Crippen molar-refractivity contribution in [1.29, 1.82) is 0 Å². The molecule has 1 heterocycles. The number of halogens is 1. The zero-order chi connectivity index (χ0) is 14.4. The van der Waals surface area contributed by atoms with E-state index < -0.39 is 18.0 Å². The molecule has 0 bridgehead atoms. The number of nitrogens with zero attached hydrogens (tertiary/aromatic N) is 2. The highest BCUT2D eigenvalue weighted by Crippen LogP contribution is 2.00. The summed E-state index contributed by atoms with van der Waals surface area (Å²) in [5.74, 6) is -0.536. The SMILES string of the molecule is CC(C(=O)NC(N)=O)N(C)CC(=O)N1CCNCC1.Cl. The summed E-state index contributed by atoms with van der Waals surface area (Å²) >= 11 is 0. The minimum atomic E-state index is -0.890. The van der Waals surface area contributed by atoms with Crippen LogP contribution in [0.4, 0.5) is 4.79 Å². The third-order valence-corrected chi connectivity index (χ3v) is 3.14. The van der Waals surface area contributed by atoms with Crippen molar-refractivity contribution < 1.29 is 14.4 Å². The van der Waals surface area contributed by atoms with E-state index in [0.29, 0.717) is 13.1 Å². The van der Waals surface area contributed by atoms with Gasteiger partial charge in [0.1, 0.15) is 0 Å². The molecule has 0 spiro atoms. The maximum absolute atomic E-state index is 12.0. The maximum atomic E-state index is 12.0. The average Bonchev–Trinajstić information content (AvgIpc) is 2.37. The molecule has 1 aliphatic heterocycles. The molecule has 1 atom stereocenters. The molecule has 0 aromatic rings. The van der Waals surface area contributed by atoms with Crippen molar-refractivity contribution in [3.63, 3.8) is 0 Å². The second kappa shape index (κ2) is 8.72. The summed E-state index contributed by atoms with van der Waals surface area (Å²) < 4.78 is 0. The molecule has 0 aliphatic carbocycles. The highest BCUT2D eigenvalue weighted by Gasteiger charge is 2.23. The number of carbonyl (C=O) groups is 3. The number of urea groups is 1. The first kappa shape index (κ1) is 18.6. The topological polar surface area (TPSA) is 108 Å². The fraction of sp³-hybridized carbons (Fsp3) is 0.727. The summed E-state index contributed by atoms with van der Waals surface area (Å²) in [7, 11) is 1.66. The Bertz CT molecular complexity index is 360. The van der Waals surface area contributed by atoms with Gasteiger partial charge >= 0.3 is 6.03 Å². The minimum absolute atomic E-state index is 0. The molecule has 116 valence electrons. The fourth-order valence-corrected chi connectivity index (χ4v) is 1.79. The predicted molar refractivity (Wildman–Crippen MR) is 76.5 cm³/mol. The lowest BCUT2D eigenvalue weighted by Crippen LogP contribution is -2.52. The Kier molecular flexibility index (Phi) is 8.12. The van der Waals surface area contributed by atoms with Crippen LogP contribution in [0.15, 0.2) is 0 Å². The number of imide groups is 1. The summed E-state index contributed by atoms with van der Waals surface area (Å²) in [5, 5.41) is 5.16. The van der Waals surface area contributed by atoms with Crippen molar-refractivity contribution >= 4 is 30.3 Å². The summed E-state index contributed by atoms with van der Waals surface area (Å²) in [5.41, 5.74) is 4.88. The normalized spacial score (nSPS) is 16.2. The van der Waals surface area contributed by atoms with E-state index in [0.717, 1.165) is 13.1 Å². The second-order valence-corrected chi connectivity index (χ2v) is 4.58. The monoisotopic (exact) mass is 307 g/mol. The summed E-state index contributed by atoms with van der Waals surface area (Å²) in [4.78, 5) is 37.5. The van der Waals surface area contributed by atoms with Gasteiger partial charge in [-0.15, -0.1) is 12.4 Å². The first-order valence-electron chi connectivity index (χ1n) is 6.21. The van der Waals surface area contributed by atoms with E-state index in [-0.39, 0.29) is 24.9 Å². The van der Waals surface area contributed by atoms with Gasteiger partial charge in [0.15, 0.2) is 0 Å². The molecule has 20 heavy (non-hydrogen) atoms. The lowest BCUT2D eigenvalue weighted by atomic mass is 10.2. The highest BCUT2D eigenvalue weighted by molar-refractivity contribution is 5.96. The lowest BCUT2D eigenvalue weighted by molar-refractivity contribution is -0.134. The van der Waals surface area contributed by atoms with Gasteiger partial charge in [0.05, 0.1) is 12.6 Å². The number of rotatable bonds is 4. The van der Waals surface area contributed by atoms with Crippen LogP contribution >= 0.6 is 12.4 Å². The van der Waals surface area contributed by atoms with Crippen LogP contribution in [0.25, 0.3) is 0 Å². The minimum Gasteiger partial charge on any atom is -0.351 e. The van der Waals surface area contributed by atoms with E-state index in [1.54, 1.807) is 23.8 Å². The third kappa shape index (κ3) is 5.72. The Hall–Kier alpha value is -1.38. The van der Waals surface area contributed by atoms with E-state index >= 15 is 0 Å². The Balaban J connectivity index is 0.00000361. The number of primary amides is 1. The molecule has 0 aromatic heterocycles. The molecule has 0 saturated carbocycles. The van der Waals surface area contributed by atoms with Crippen LogP contribution in [0.5, 0.6) is 0 Å². The smallest absolute Gasteiger partial charge is 0.318 e. The van der Waals surface area contributed by atoms with Crippen LogP contribution in [0.3, 0.4) is 0 Å². The molecule has 8 nitrogen and oxygen atoms in total. The van der Waals surface area contributed by atoms with Crippen LogP contribution < -0.4 is 16.4 Å². The fourth-order valence-electron chi connectivity index (χ4n) is 1.79. The summed E-state index contributed by atoms with van der Waals surface area (Å²) in [6.45, 7) is 4.67. The van der Waals surface area contributed by atoms with Crippen molar-refractivity contribution in [3.8, 4) is 0 Å². The van der Waals surface area contributed by atoms with Gasteiger partial charge < -0.3 is 16.0 Å². The zero-order valence-corrected chi connectivity index (χ0v) is 12.5. The van der Waals surface area contributed by atoms with Crippen LogP contribution in [-0.2, 0) is 9.59 Å². The van der Waals surface area contributed by atoms with Gasteiger partial charge in [-0.25, -0.2) is 4.79 Å². The summed E-state index contributed by atoms with van der Waals surface area (Å²) in [6.07, 6.45) is 0. The Morgan fingerprint density at radius 3 is 2.40 bits per heavy atom. The Labute approximate surface area is 124 Å². The van der Waals surface area contributed by atoms with Crippen molar-refractivity contribution in [1.82, 2.24) is 20.4 Å². The molecule has 1 saturated heterocycles. The number of hydrogen-bond donors (Lipinski definition) is 3. The first-order chi connectivity index (χ1) is 8.91. The molecule has 4 amide bonds. The van der Waals surface area contributed by atoms with E-state index in [2.05, 4.69) is 5.32 Å². The molecule has 9 heteroatoms. The van der Waals surface area contributed by atoms with Gasteiger partial charge in [0, 0.05) is 26.2 Å². The molecule has 0 aromatic carbocycles. The molecule has 1 rings (SSSR count). The van der Waals surface area contributed by atoms with Crippen molar-refractivity contribution in [3.05, 3.63) is 0 Å². The van der Waals surface area contributed by atoms with Gasteiger partial charge in [-0.05, 0) is 14.0 Å². The summed E-state index contributed by atoms with van der Waals surface area (Å²) in [6, 6.07) is -1.49. The third-order valence-electron chi connectivity index (χ3n) is 3.14. The van der Waals surface area contributed by atoms with E-state index in [1.807, 2.05) is 5.32 Å². The number of nitrogens with one attached hydrogen (secondary N) is 2. The number of hydrogen-bond acceptors (Lipinski definition) is 5. The first-order valence-corrected chi connectivity index (χ1v) is 6.21. The largest absolute Gasteiger partial charge is 0.351 e. The van der Waals surface area contributed by atoms with Gasteiger partial charge in [0.25, 0.3) is 0 Å². The molecule has 0 radical (unpaired) electrons. The van der Waals surface area contributed by atoms with Gasteiger partial charge in [-0.1, -0.05) is 0 Å². The van der Waals surface area contributed by atoms with E-state index in [1.165, 1.54) is 0 Å². The van der Waals surface area contributed by atoms with Gasteiger partial charge in [-0.3, -0.25) is 19.8 Å². The standard InChI is InChI=1S/C11H21N5O3.ClH/c1-8(10(18)14-11(12)19)15(2)7-9(17)16-5-3-13-4-6-16;/h8,13H,3-7H2,1-2H3,(H3,12,14,18,19);1H. The lowest BCUT2D eigenvalue weighted by Gasteiger charge is -2.30. The molecule has 4 N–H and O–H groups in total. The van der Waals surface area contributed by atoms with Crippen LogP contribution in [0.2, 0.25) is 0 Å². The van der Waals surface area contributed by atoms with Crippen LogP contribution in [0.1, 0.15) is 6.92 Å². The highest BCUT2D eigenvalue weighted by atomic mass is 35.5. The van der Waals surface area contributed by atoms with E-state index in [4.69, 9.17) is 5.73 Å². The second-order valence-electron chi connectivity index (χ2n) is 4.58. The Morgan fingerprint density at radius 1 is 1.35 bits per heavy atom. The van der Waals surface area contributed by atoms with Crippen LogP contribution in [-0.4, -0.2) is 73.5 Å². The number of amides is 4. The zero-order valence-electron chi connectivity index (χ0n) is 11.7. The predicted octanol–water partition coefficient (Wildman–Crippen LogP) is -1.64. The number of carbonyl (C=O) groups excluding carboxylic acids is 3. The van der Waals surface area contributed by atoms with Gasteiger partial charge in [-0.2, -0.15) is 0 Å². The number of likely N-dealkylation sites (N-methyl/N-ethyl adjacent to an activating group) is 1. The number of nitrogens with two attached hydrogens (primary N) is 1. The molecule has 1 unspecified atom stereocenters. The van der Waals surface area contributed by atoms with Crippen molar-refractivity contribution in [2.24, 2.45) is 5.73 Å². The molecule has 1 fully saturated rings. The van der Waals surface area contributed by atoms with Crippen molar-refractivity contribution in [2.45, 2.75) is 13.0 Å². The molecular formula is C11H22ClN5O3. The van der Waals surface area contributed by atoms with Gasteiger partial charge in [0.2, 0.25) is 11.8 Å². The average molecular weight is 308 g/mol. The van der Waals surface area contributed by atoms with Crippen LogP contribution in [0, 0.1) is 0 Å². The quantitative estimate of drug-likeness (QED) is 0.577. The molecule has 1 aliphatic rings. The Morgan fingerprint density at radius 2 is 1.90 bits per heavy atom. The van der Waals surface area contributed by atoms with E-state index in [9.17, 15) is 14.4 Å². The number of piperazine rings is 1. The van der Waals surface area contributed by atoms with Crippen molar-refractivity contribution in [2.75, 3.05) is 39.8 Å².